The van der Waals surface area contributed by atoms with E-state index in [1.54, 1.807) is 18.2 Å². The molecule has 3 heterocycles. The third-order valence-corrected chi connectivity index (χ3v) is 6.88. The summed E-state index contributed by atoms with van der Waals surface area (Å²) in [7, 11) is 0. The minimum Gasteiger partial charge on any atom is -0.478 e. The van der Waals surface area contributed by atoms with Crippen molar-refractivity contribution in [1.82, 2.24) is 10.3 Å². The van der Waals surface area contributed by atoms with Gasteiger partial charge in [0.05, 0.1) is 17.0 Å². The molecule has 37 heavy (non-hydrogen) atoms. The van der Waals surface area contributed by atoms with E-state index >= 15 is 0 Å². The van der Waals surface area contributed by atoms with Crippen molar-refractivity contribution in [1.29, 1.82) is 0 Å². The first-order chi connectivity index (χ1) is 17.6. The van der Waals surface area contributed by atoms with Gasteiger partial charge in [-0.25, -0.2) is 4.79 Å². The minimum atomic E-state index is -3.76. The summed E-state index contributed by atoms with van der Waals surface area (Å²) < 4.78 is 55.8. The average Bonchev–Trinajstić information content (AvgIpc) is 3.60. The molecule has 0 saturated heterocycles. The monoisotopic (exact) mass is 512 g/mol. The Morgan fingerprint density at radius 1 is 1.03 bits per heavy atom. The van der Waals surface area contributed by atoms with Gasteiger partial charge in [-0.3, -0.25) is 4.79 Å². The van der Waals surface area contributed by atoms with E-state index in [0.29, 0.717) is 29.5 Å². The van der Waals surface area contributed by atoms with Crippen molar-refractivity contribution in [3.05, 3.63) is 82.8 Å². The zero-order chi connectivity index (χ0) is 25.9. The predicted molar refractivity (Wildman–Crippen MR) is 120 cm³/mol. The third kappa shape index (κ3) is 4.09. The number of carboxylic acids is 1. The zero-order valence-corrected chi connectivity index (χ0v) is 19.0. The van der Waals surface area contributed by atoms with Crippen molar-refractivity contribution in [2.75, 3.05) is 0 Å². The van der Waals surface area contributed by atoms with Gasteiger partial charge in [0.1, 0.15) is 6.10 Å². The molecule has 2 atom stereocenters. The quantitative estimate of drug-likeness (QED) is 0.479. The van der Waals surface area contributed by atoms with Gasteiger partial charge >= 0.3 is 12.3 Å². The summed E-state index contributed by atoms with van der Waals surface area (Å²) in [6, 6.07) is 12.5. The highest BCUT2D eigenvalue weighted by Gasteiger charge is 2.53. The molecule has 2 N–H and O–H groups in total. The number of amides is 1. The number of benzene rings is 2. The summed E-state index contributed by atoms with van der Waals surface area (Å²) in [4.78, 5) is 28.8. The van der Waals surface area contributed by atoms with Crippen LogP contribution in [0.15, 0.2) is 54.6 Å². The number of carboxylic acid groups (broad SMARTS) is 1. The summed E-state index contributed by atoms with van der Waals surface area (Å²) in [5, 5.41) is 12.3. The van der Waals surface area contributed by atoms with Crippen LogP contribution in [0.2, 0.25) is 0 Å². The van der Waals surface area contributed by atoms with Crippen LogP contribution in [-0.4, -0.2) is 28.3 Å². The lowest BCUT2D eigenvalue weighted by atomic mass is 9.91. The van der Waals surface area contributed by atoms with E-state index < -0.39 is 35.8 Å². The fraction of sp³-hybridized carbons (Fsp3) is 0.269. The maximum absolute atomic E-state index is 13.9. The second-order valence-electron chi connectivity index (χ2n) is 9.24. The van der Waals surface area contributed by atoms with Gasteiger partial charge in [-0.05, 0) is 60.4 Å². The number of pyridine rings is 1. The molecule has 0 spiro atoms. The number of halogens is 3. The molecule has 0 radical (unpaired) electrons. The van der Waals surface area contributed by atoms with Crippen molar-refractivity contribution in [3.63, 3.8) is 0 Å². The normalized spacial score (nSPS) is 21.9. The van der Waals surface area contributed by atoms with Crippen molar-refractivity contribution in [2.45, 2.75) is 43.1 Å². The van der Waals surface area contributed by atoms with Crippen molar-refractivity contribution in [3.8, 4) is 17.4 Å². The number of hydrogen-bond donors (Lipinski definition) is 2. The molecule has 1 amide bonds. The predicted octanol–water partition coefficient (Wildman–Crippen LogP) is 4.65. The first-order valence-electron chi connectivity index (χ1n) is 11.5. The lowest BCUT2D eigenvalue weighted by Crippen LogP contribution is -2.40. The van der Waals surface area contributed by atoms with Gasteiger partial charge in [-0.1, -0.05) is 18.2 Å². The third-order valence-electron chi connectivity index (χ3n) is 6.88. The highest BCUT2D eigenvalue weighted by molar-refractivity contribution is 5.92. The van der Waals surface area contributed by atoms with Gasteiger partial charge in [-0.15, -0.1) is 8.78 Å². The van der Waals surface area contributed by atoms with Crippen LogP contribution < -0.4 is 19.5 Å². The molecule has 6 rings (SSSR count). The zero-order valence-electron chi connectivity index (χ0n) is 19.0. The standard InChI is InChI=1S/C26H19F3N2O6/c27-21-7-5-16-17(12-19(35-22(16)31-21)13-2-1-3-14(10-13)23(32)33)30-24(34)25(8-9-25)15-4-6-18-20(11-15)37-26(28,29)36-18/h1-7,10-11,17,19H,8-9,12H2,(H,30,34)(H,32,33)/t17-,19-/m1/s1. The van der Waals surface area contributed by atoms with Crippen LogP contribution in [0.25, 0.3) is 0 Å². The number of aromatic nitrogens is 1. The molecule has 190 valence electrons. The SMILES string of the molecule is O=C(O)c1cccc([C@H]2C[C@@H](NC(=O)C3(c4ccc5c(c4)OC(F)(F)O5)CC3)c3ccc(F)nc3O2)c1. The number of carbonyl (C=O) groups excluding carboxylic acids is 1. The Morgan fingerprint density at radius 3 is 2.57 bits per heavy atom. The molecule has 8 nitrogen and oxygen atoms in total. The fourth-order valence-corrected chi connectivity index (χ4v) is 4.84. The lowest BCUT2D eigenvalue weighted by molar-refractivity contribution is -0.286. The molecule has 1 fully saturated rings. The van der Waals surface area contributed by atoms with E-state index in [4.69, 9.17) is 4.74 Å². The first kappa shape index (κ1) is 23.1. The number of nitrogens with zero attached hydrogens (tertiary/aromatic N) is 1. The fourth-order valence-electron chi connectivity index (χ4n) is 4.84. The molecule has 11 heteroatoms. The first-order valence-corrected chi connectivity index (χ1v) is 11.5. The molecule has 0 bridgehead atoms. The summed E-state index contributed by atoms with van der Waals surface area (Å²) in [6.45, 7) is 0. The molecule has 1 aliphatic carbocycles. The highest BCUT2D eigenvalue weighted by atomic mass is 19.3. The molecule has 1 saturated carbocycles. The van der Waals surface area contributed by atoms with Gasteiger partial charge in [0, 0.05) is 12.0 Å². The van der Waals surface area contributed by atoms with Gasteiger partial charge in [-0.2, -0.15) is 9.37 Å². The van der Waals surface area contributed by atoms with E-state index in [2.05, 4.69) is 19.8 Å². The Labute approximate surface area is 208 Å². The van der Waals surface area contributed by atoms with Crippen LogP contribution in [0, 0.1) is 5.95 Å². The lowest BCUT2D eigenvalue weighted by Gasteiger charge is -2.33. The van der Waals surface area contributed by atoms with Crippen LogP contribution in [0.1, 0.15) is 58.5 Å². The van der Waals surface area contributed by atoms with E-state index in [1.807, 2.05) is 0 Å². The summed E-state index contributed by atoms with van der Waals surface area (Å²) in [5.41, 5.74) is 0.640. The molecule has 0 unspecified atom stereocenters. The number of nitrogens with one attached hydrogen (secondary N) is 1. The van der Waals surface area contributed by atoms with Crippen molar-refractivity contribution >= 4 is 11.9 Å². The Morgan fingerprint density at radius 2 is 1.81 bits per heavy atom. The minimum absolute atomic E-state index is 0.00237. The highest BCUT2D eigenvalue weighted by Crippen LogP contribution is 2.52. The van der Waals surface area contributed by atoms with Gasteiger partial charge in [0.25, 0.3) is 0 Å². The van der Waals surface area contributed by atoms with E-state index in [-0.39, 0.29) is 35.3 Å². The number of alkyl halides is 2. The number of rotatable bonds is 5. The van der Waals surface area contributed by atoms with Gasteiger partial charge < -0.3 is 24.6 Å². The molecule has 3 aromatic rings. The molecule has 2 aromatic carbocycles. The number of fused-ring (bicyclic) bond motifs is 2. The van der Waals surface area contributed by atoms with E-state index in [9.17, 15) is 27.9 Å². The molecular weight excluding hydrogens is 493 g/mol. The maximum Gasteiger partial charge on any atom is 0.586 e. The molecule has 2 aliphatic heterocycles. The van der Waals surface area contributed by atoms with Crippen molar-refractivity contribution in [2.24, 2.45) is 0 Å². The van der Waals surface area contributed by atoms with Gasteiger partial charge in [0.15, 0.2) is 11.5 Å². The number of aromatic carboxylic acids is 1. The van der Waals surface area contributed by atoms with Gasteiger partial charge in [0.2, 0.25) is 17.7 Å². The Balaban J connectivity index is 1.29. The van der Waals surface area contributed by atoms with Crippen LogP contribution in [0.4, 0.5) is 13.2 Å². The smallest absolute Gasteiger partial charge is 0.478 e. The Bertz CT molecular complexity index is 1440. The van der Waals surface area contributed by atoms with E-state index in [0.717, 1.165) is 6.07 Å². The average molecular weight is 512 g/mol. The number of hydrogen-bond acceptors (Lipinski definition) is 6. The van der Waals surface area contributed by atoms with Crippen molar-refractivity contribution < 1.29 is 42.1 Å². The van der Waals surface area contributed by atoms with Crippen LogP contribution >= 0.6 is 0 Å². The Hall–Kier alpha value is -4.28. The number of carbonyl (C=O) groups is 2. The number of ether oxygens (including phenoxy) is 3. The van der Waals surface area contributed by atoms with E-state index in [1.165, 1.54) is 30.3 Å². The topological polar surface area (TPSA) is 107 Å². The molecular formula is C26H19F3N2O6. The summed E-state index contributed by atoms with van der Waals surface area (Å²) in [6.07, 6.45) is -3.23. The van der Waals surface area contributed by atoms with Crippen LogP contribution in [-0.2, 0) is 10.2 Å². The summed E-state index contributed by atoms with van der Waals surface area (Å²) in [5.74, 6) is -2.46. The second kappa shape index (κ2) is 8.12. The largest absolute Gasteiger partial charge is 0.586 e. The van der Waals surface area contributed by atoms with Crippen LogP contribution in [0.3, 0.4) is 0 Å². The second-order valence-corrected chi connectivity index (χ2v) is 9.24. The molecule has 3 aliphatic rings. The Kier molecular flexibility index (Phi) is 5.08. The van der Waals surface area contributed by atoms with Crippen LogP contribution in [0.5, 0.6) is 17.4 Å². The molecule has 1 aromatic heterocycles. The maximum atomic E-state index is 13.9. The summed E-state index contributed by atoms with van der Waals surface area (Å²) >= 11 is 0.